The van der Waals surface area contributed by atoms with E-state index >= 15 is 0 Å². The molecule has 0 atom stereocenters. The second-order valence-corrected chi connectivity index (χ2v) is 6.97. The van der Waals surface area contributed by atoms with Gasteiger partial charge in [-0.05, 0) is 12.1 Å². The van der Waals surface area contributed by atoms with Gasteiger partial charge in [0.25, 0.3) is 5.91 Å². The van der Waals surface area contributed by atoms with Crippen LogP contribution in [-0.2, 0) is 16.1 Å². The fourth-order valence-corrected chi connectivity index (χ4v) is 3.38. The number of hydrogen-bond acceptors (Lipinski definition) is 6. The summed E-state index contributed by atoms with van der Waals surface area (Å²) in [4.78, 5) is 30.4. The van der Waals surface area contributed by atoms with Gasteiger partial charge in [0.15, 0.2) is 6.61 Å². The molecule has 0 radical (unpaired) electrons. The highest BCUT2D eigenvalue weighted by Crippen LogP contribution is 2.36. The summed E-state index contributed by atoms with van der Waals surface area (Å²) >= 11 is 6.22. The average molecular weight is 418 g/mol. The van der Waals surface area contributed by atoms with E-state index in [-0.39, 0.29) is 12.5 Å². The highest BCUT2D eigenvalue weighted by atomic mass is 35.5. The molecule has 2 aliphatic rings. The Bertz CT molecular complexity index is 933. The molecule has 1 aromatic heterocycles. The summed E-state index contributed by atoms with van der Waals surface area (Å²) in [6, 6.07) is 6.48. The normalized spacial score (nSPS) is 15.8. The number of aromatic nitrogens is 1. The zero-order valence-corrected chi connectivity index (χ0v) is 16.3. The number of hydrogen-bond donors (Lipinski definition) is 3. The number of ether oxygens (including phenoxy) is 2. The van der Waals surface area contributed by atoms with Crippen molar-refractivity contribution in [2.24, 2.45) is 0 Å². The highest BCUT2D eigenvalue weighted by Gasteiger charge is 2.20. The van der Waals surface area contributed by atoms with Gasteiger partial charge < -0.3 is 30.3 Å². The van der Waals surface area contributed by atoms with Crippen molar-refractivity contribution in [3.8, 4) is 5.75 Å². The van der Waals surface area contributed by atoms with Crippen LogP contribution in [0.5, 0.6) is 5.75 Å². The van der Waals surface area contributed by atoms with Gasteiger partial charge in [0, 0.05) is 37.5 Å². The van der Waals surface area contributed by atoms with Gasteiger partial charge in [-0.2, -0.15) is 0 Å². The van der Waals surface area contributed by atoms with Gasteiger partial charge in [-0.1, -0.05) is 17.7 Å². The predicted molar refractivity (Wildman–Crippen MR) is 109 cm³/mol. The van der Waals surface area contributed by atoms with E-state index in [2.05, 4.69) is 25.8 Å². The Labute approximate surface area is 172 Å². The Hall–Kier alpha value is -3.04. The molecule has 0 aliphatic carbocycles. The molecule has 29 heavy (non-hydrogen) atoms. The fourth-order valence-electron chi connectivity index (χ4n) is 3.17. The molecule has 0 bridgehead atoms. The molecule has 0 saturated carbocycles. The number of carbonyl (C=O) groups is 2. The molecular formula is C19H20ClN5O4. The molecule has 1 fully saturated rings. The van der Waals surface area contributed by atoms with Gasteiger partial charge in [0.2, 0.25) is 0 Å². The van der Waals surface area contributed by atoms with E-state index in [4.69, 9.17) is 21.1 Å². The van der Waals surface area contributed by atoms with Crippen molar-refractivity contribution < 1.29 is 19.1 Å². The zero-order valence-electron chi connectivity index (χ0n) is 15.5. The molecule has 10 heteroatoms. The van der Waals surface area contributed by atoms with Gasteiger partial charge in [0.05, 0.1) is 29.6 Å². The van der Waals surface area contributed by atoms with E-state index in [0.717, 1.165) is 24.5 Å². The van der Waals surface area contributed by atoms with Crippen LogP contribution in [0.15, 0.2) is 30.5 Å². The van der Waals surface area contributed by atoms with Crippen molar-refractivity contribution in [3.05, 3.63) is 41.0 Å². The van der Waals surface area contributed by atoms with Crippen LogP contribution in [0.25, 0.3) is 0 Å². The highest BCUT2D eigenvalue weighted by molar-refractivity contribution is 6.34. The van der Waals surface area contributed by atoms with Gasteiger partial charge in [-0.15, -0.1) is 0 Å². The van der Waals surface area contributed by atoms with Gasteiger partial charge >= 0.3 is 6.03 Å². The van der Waals surface area contributed by atoms with Crippen molar-refractivity contribution in [3.63, 3.8) is 0 Å². The number of fused-ring (bicyclic) bond motifs is 1. The molecule has 3 heterocycles. The van der Waals surface area contributed by atoms with Crippen molar-refractivity contribution in [1.82, 2.24) is 10.3 Å². The third kappa shape index (κ3) is 4.52. The Kier molecular flexibility index (Phi) is 5.68. The van der Waals surface area contributed by atoms with Gasteiger partial charge in [-0.25, -0.2) is 9.78 Å². The Morgan fingerprint density at radius 1 is 1.31 bits per heavy atom. The molecule has 1 saturated heterocycles. The first-order chi connectivity index (χ1) is 14.1. The number of anilines is 3. The quantitative estimate of drug-likeness (QED) is 0.704. The van der Waals surface area contributed by atoms with Crippen LogP contribution in [-0.4, -0.2) is 49.8 Å². The monoisotopic (exact) mass is 417 g/mol. The maximum Gasteiger partial charge on any atom is 0.319 e. The number of urea groups is 1. The third-order valence-corrected chi connectivity index (χ3v) is 4.88. The first-order valence-electron chi connectivity index (χ1n) is 9.18. The molecule has 4 rings (SSSR count). The topological polar surface area (TPSA) is 105 Å². The number of halogens is 1. The lowest BCUT2D eigenvalue weighted by molar-refractivity contribution is -0.118. The van der Waals surface area contributed by atoms with Gasteiger partial charge in [0.1, 0.15) is 11.6 Å². The minimum absolute atomic E-state index is 0.0778. The van der Waals surface area contributed by atoms with Crippen molar-refractivity contribution in [2.45, 2.75) is 6.54 Å². The lowest BCUT2D eigenvalue weighted by atomic mass is 10.2. The van der Waals surface area contributed by atoms with Gasteiger partial charge in [-0.3, -0.25) is 4.79 Å². The van der Waals surface area contributed by atoms with E-state index < -0.39 is 6.03 Å². The van der Waals surface area contributed by atoms with Crippen LogP contribution < -0.4 is 25.6 Å². The number of morpholine rings is 1. The standard InChI is InChI=1S/C19H20ClN5O4/c20-13-8-15-16(29-11-17(26)23-15)9-14(13)24-19(27)22-10-12-2-1-3-21-18(12)25-4-6-28-7-5-25/h1-3,8-9H,4-7,10-11H2,(H,23,26)(H2,22,24,27). The van der Waals surface area contributed by atoms with Crippen molar-refractivity contribution >= 4 is 40.7 Å². The molecule has 1 aromatic carbocycles. The summed E-state index contributed by atoms with van der Waals surface area (Å²) in [5.74, 6) is 1.04. The number of nitrogens with zero attached hydrogens (tertiary/aromatic N) is 2. The first kappa shape index (κ1) is 19.3. The van der Waals surface area contributed by atoms with Crippen LogP contribution in [0.2, 0.25) is 5.02 Å². The van der Waals surface area contributed by atoms with E-state index in [9.17, 15) is 9.59 Å². The second-order valence-electron chi connectivity index (χ2n) is 6.56. The number of rotatable bonds is 4. The minimum Gasteiger partial charge on any atom is -0.482 e. The van der Waals surface area contributed by atoms with E-state index in [1.807, 2.05) is 12.1 Å². The van der Waals surface area contributed by atoms with Crippen molar-refractivity contribution in [1.29, 1.82) is 0 Å². The minimum atomic E-state index is -0.413. The summed E-state index contributed by atoms with van der Waals surface area (Å²) in [7, 11) is 0. The Morgan fingerprint density at radius 3 is 2.97 bits per heavy atom. The Morgan fingerprint density at radius 2 is 2.14 bits per heavy atom. The number of carbonyl (C=O) groups excluding carboxylic acids is 2. The lowest BCUT2D eigenvalue weighted by Gasteiger charge is -2.29. The van der Waals surface area contributed by atoms with Crippen LogP contribution in [0, 0.1) is 0 Å². The number of pyridine rings is 1. The zero-order chi connectivity index (χ0) is 20.2. The molecule has 2 aliphatic heterocycles. The average Bonchev–Trinajstić information content (AvgIpc) is 2.74. The summed E-state index contributed by atoms with van der Waals surface area (Å²) in [5.41, 5.74) is 1.77. The summed E-state index contributed by atoms with van der Waals surface area (Å²) in [6.45, 7) is 3.06. The summed E-state index contributed by atoms with van der Waals surface area (Å²) < 4.78 is 10.7. The van der Waals surface area contributed by atoms with Crippen LogP contribution in [0.3, 0.4) is 0 Å². The lowest BCUT2D eigenvalue weighted by Crippen LogP contribution is -2.38. The van der Waals surface area contributed by atoms with E-state index in [1.54, 1.807) is 18.3 Å². The van der Waals surface area contributed by atoms with Crippen LogP contribution in [0.4, 0.5) is 22.0 Å². The smallest absolute Gasteiger partial charge is 0.319 e. The molecule has 9 nitrogen and oxygen atoms in total. The second kappa shape index (κ2) is 8.54. The maximum absolute atomic E-state index is 12.4. The number of nitrogens with one attached hydrogen (secondary N) is 3. The molecule has 3 N–H and O–H groups in total. The van der Waals surface area contributed by atoms with Crippen molar-refractivity contribution in [2.75, 3.05) is 48.4 Å². The molecule has 2 aromatic rings. The molecule has 0 spiro atoms. The molecule has 152 valence electrons. The third-order valence-electron chi connectivity index (χ3n) is 4.57. The molecule has 3 amide bonds. The summed E-state index contributed by atoms with van der Waals surface area (Å²) in [5, 5.41) is 8.50. The number of benzene rings is 1. The van der Waals surface area contributed by atoms with Crippen LogP contribution >= 0.6 is 11.6 Å². The first-order valence-corrected chi connectivity index (χ1v) is 9.55. The predicted octanol–water partition coefficient (Wildman–Crippen LogP) is 2.22. The SMILES string of the molecule is O=C1COc2cc(NC(=O)NCc3cccnc3N3CCOCC3)c(Cl)cc2N1. The van der Waals surface area contributed by atoms with Crippen LogP contribution in [0.1, 0.15) is 5.56 Å². The van der Waals surface area contributed by atoms with E-state index in [0.29, 0.717) is 41.9 Å². The number of amides is 3. The summed E-state index contributed by atoms with van der Waals surface area (Å²) in [6.07, 6.45) is 1.74. The fraction of sp³-hybridized carbons (Fsp3) is 0.316. The molecular weight excluding hydrogens is 398 g/mol. The Balaban J connectivity index is 1.41. The molecule has 0 unspecified atom stereocenters. The maximum atomic E-state index is 12.4. The van der Waals surface area contributed by atoms with E-state index in [1.165, 1.54) is 0 Å². The largest absolute Gasteiger partial charge is 0.482 e.